The van der Waals surface area contributed by atoms with Gasteiger partial charge in [-0.3, -0.25) is 0 Å². The number of methoxy groups -OCH3 is 1. The van der Waals surface area contributed by atoms with Crippen molar-refractivity contribution in [3.05, 3.63) is 23.8 Å². The van der Waals surface area contributed by atoms with Gasteiger partial charge in [0, 0.05) is 12.1 Å². The Labute approximate surface area is 118 Å². The van der Waals surface area contributed by atoms with Crippen molar-refractivity contribution >= 4 is 9.84 Å². The summed E-state index contributed by atoms with van der Waals surface area (Å²) in [5.74, 6) is 0.569. The zero-order valence-corrected chi connectivity index (χ0v) is 12.3. The molecule has 112 valence electrons. The van der Waals surface area contributed by atoms with Crippen LogP contribution in [0.3, 0.4) is 0 Å². The van der Waals surface area contributed by atoms with Crippen molar-refractivity contribution in [1.82, 2.24) is 5.32 Å². The lowest BCUT2D eigenvalue weighted by Crippen LogP contribution is -2.30. The molecule has 1 saturated heterocycles. The predicted molar refractivity (Wildman–Crippen MR) is 74.8 cm³/mol. The lowest BCUT2D eigenvalue weighted by molar-refractivity contribution is 0.0711. The minimum atomic E-state index is -3.24. The maximum absolute atomic E-state index is 11.5. The summed E-state index contributed by atoms with van der Waals surface area (Å²) in [6.07, 6.45) is -1.76. The summed E-state index contributed by atoms with van der Waals surface area (Å²) >= 11 is 0. The molecule has 20 heavy (non-hydrogen) atoms. The van der Waals surface area contributed by atoms with Crippen molar-refractivity contribution in [2.24, 2.45) is 0 Å². The number of sulfone groups is 1. The van der Waals surface area contributed by atoms with Crippen molar-refractivity contribution in [1.29, 1.82) is 0 Å². The fourth-order valence-electron chi connectivity index (χ4n) is 2.25. The third-order valence-electron chi connectivity index (χ3n) is 3.19. The average molecular weight is 301 g/mol. The first-order chi connectivity index (χ1) is 9.46. The summed E-state index contributed by atoms with van der Waals surface area (Å²) in [6.45, 7) is 0.558. The number of rotatable bonds is 5. The Bertz CT molecular complexity index is 572. The molecule has 1 aliphatic rings. The number of aliphatic hydroxyl groups excluding tert-OH is 1. The number of hydrogen-bond acceptors (Lipinski definition) is 6. The normalized spacial score (nSPS) is 24.6. The van der Waals surface area contributed by atoms with Gasteiger partial charge in [-0.1, -0.05) is 12.1 Å². The molecule has 6 nitrogen and oxygen atoms in total. The van der Waals surface area contributed by atoms with Gasteiger partial charge in [0.25, 0.3) is 0 Å². The lowest BCUT2D eigenvalue weighted by Gasteiger charge is -2.20. The van der Waals surface area contributed by atoms with Gasteiger partial charge in [0.1, 0.15) is 12.2 Å². The Morgan fingerprint density at radius 1 is 1.40 bits per heavy atom. The topological polar surface area (TPSA) is 84.9 Å². The molecular formula is C13H19NO5S. The van der Waals surface area contributed by atoms with Gasteiger partial charge in [-0.15, -0.1) is 0 Å². The predicted octanol–water partition coefficient (Wildman–Crippen LogP) is -0.0487. The minimum Gasteiger partial charge on any atom is -0.493 e. The molecule has 0 amide bonds. The zero-order chi connectivity index (χ0) is 14.8. The molecule has 1 fully saturated rings. The molecule has 0 spiro atoms. The third-order valence-corrected chi connectivity index (χ3v) is 4.87. The second-order valence-electron chi connectivity index (χ2n) is 4.78. The van der Waals surface area contributed by atoms with Crippen molar-refractivity contribution in [3.63, 3.8) is 0 Å². The molecule has 0 aromatic heterocycles. The first-order valence-corrected chi connectivity index (χ1v) is 8.14. The summed E-state index contributed by atoms with van der Waals surface area (Å²) in [7, 11) is 0.0838. The second-order valence-corrected chi connectivity index (χ2v) is 6.93. The van der Waals surface area contributed by atoms with E-state index in [0.29, 0.717) is 18.0 Å². The molecule has 7 heteroatoms. The molecule has 2 unspecified atom stereocenters. The third kappa shape index (κ3) is 3.23. The van der Waals surface area contributed by atoms with Crippen LogP contribution in [-0.2, 0) is 16.4 Å². The van der Waals surface area contributed by atoms with Crippen molar-refractivity contribution in [3.8, 4) is 11.5 Å². The van der Waals surface area contributed by atoms with Crippen LogP contribution in [0.4, 0.5) is 0 Å². The summed E-state index contributed by atoms with van der Waals surface area (Å²) in [5, 5.41) is 12.8. The van der Waals surface area contributed by atoms with E-state index < -0.39 is 22.0 Å². The molecule has 1 heterocycles. The van der Waals surface area contributed by atoms with Gasteiger partial charge in [0.15, 0.2) is 21.3 Å². The van der Waals surface area contributed by atoms with Crippen LogP contribution >= 0.6 is 0 Å². The largest absolute Gasteiger partial charge is 0.493 e. The van der Waals surface area contributed by atoms with Crippen LogP contribution in [0.2, 0.25) is 0 Å². The van der Waals surface area contributed by atoms with Gasteiger partial charge >= 0.3 is 0 Å². The SMILES string of the molecule is CNCc1cccc(OC)c1OC1CS(=O)(=O)CC1O. The van der Waals surface area contributed by atoms with Gasteiger partial charge in [0.05, 0.1) is 18.6 Å². The number of aliphatic hydroxyl groups is 1. The fraction of sp³-hybridized carbons (Fsp3) is 0.538. The number of ether oxygens (including phenoxy) is 2. The van der Waals surface area contributed by atoms with Crippen LogP contribution < -0.4 is 14.8 Å². The number of para-hydroxylation sites is 1. The molecule has 0 saturated carbocycles. The molecule has 2 rings (SSSR count). The van der Waals surface area contributed by atoms with Gasteiger partial charge < -0.3 is 19.9 Å². The Balaban J connectivity index is 2.28. The van der Waals surface area contributed by atoms with Crippen molar-refractivity contribution < 1.29 is 23.0 Å². The van der Waals surface area contributed by atoms with Crippen LogP contribution in [0.5, 0.6) is 11.5 Å². The number of benzene rings is 1. The first-order valence-electron chi connectivity index (χ1n) is 6.32. The highest BCUT2D eigenvalue weighted by atomic mass is 32.2. The van der Waals surface area contributed by atoms with E-state index in [1.165, 1.54) is 7.11 Å². The summed E-state index contributed by atoms with van der Waals surface area (Å²) in [5.41, 5.74) is 0.850. The molecule has 1 aliphatic heterocycles. The van der Waals surface area contributed by atoms with Crippen LogP contribution in [0.1, 0.15) is 5.56 Å². The molecule has 0 bridgehead atoms. The van der Waals surface area contributed by atoms with E-state index >= 15 is 0 Å². The van der Waals surface area contributed by atoms with E-state index in [9.17, 15) is 13.5 Å². The van der Waals surface area contributed by atoms with Crippen LogP contribution in [-0.4, -0.2) is 51.4 Å². The average Bonchev–Trinajstić information content (AvgIpc) is 2.64. The van der Waals surface area contributed by atoms with Gasteiger partial charge in [-0.2, -0.15) is 0 Å². The monoisotopic (exact) mass is 301 g/mol. The summed E-state index contributed by atoms with van der Waals surface area (Å²) < 4.78 is 34.0. The Kier molecular flexibility index (Phi) is 4.52. The zero-order valence-electron chi connectivity index (χ0n) is 11.5. The summed E-state index contributed by atoms with van der Waals surface area (Å²) in [6, 6.07) is 5.44. The highest BCUT2D eigenvalue weighted by Crippen LogP contribution is 2.33. The van der Waals surface area contributed by atoms with E-state index in [0.717, 1.165) is 5.56 Å². The molecule has 2 N–H and O–H groups in total. The first kappa shape index (κ1) is 15.1. The van der Waals surface area contributed by atoms with Crippen LogP contribution in [0, 0.1) is 0 Å². The maximum Gasteiger partial charge on any atom is 0.166 e. The fourth-order valence-corrected chi connectivity index (χ4v) is 3.91. The lowest BCUT2D eigenvalue weighted by atomic mass is 10.1. The standard InChI is InChI=1S/C13H19NO5S/c1-14-6-9-4-3-5-11(18-2)13(9)19-12-8-20(16,17)7-10(12)15/h3-5,10,12,14-15H,6-8H2,1-2H3. The van der Waals surface area contributed by atoms with E-state index in [-0.39, 0.29) is 11.5 Å². The molecule has 1 aromatic carbocycles. The number of nitrogens with one attached hydrogen (secondary N) is 1. The molecule has 1 aromatic rings. The Morgan fingerprint density at radius 2 is 2.15 bits per heavy atom. The van der Waals surface area contributed by atoms with E-state index in [1.807, 2.05) is 12.1 Å². The highest BCUT2D eigenvalue weighted by molar-refractivity contribution is 7.91. The summed E-state index contributed by atoms with van der Waals surface area (Å²) in [4.78, 5) is 0. The van der Waals surface area contributed by atoms with Crippen LogP contribution in [0.25, 0.3) is 0 Å². The van der Waals surface area contributed by atoms with Gasteiger partial charge in [-0.05, 0) is 13.1 Å². The smallest absolute Gasteiger partial charge is 0.166 e. The van der Waals surface area contributed by atoms with Crippen LogP contribution in [0.15, 0.2) is 18.2 Å². The van der Waals surface area contributed by atoms with Gasteiger partial charge in [-0.25, -0.2) is 8.42 Å². The van der Waals surface area contributed by atoms with E-state index in [2.05, 4.69) is 5.32 Å². The second kappa shape index (κ2) is 5.99. The Hall–Kier alpha value is -1.31. The molecule has 2 atom stereocenters. The maximum atomic E-state index is 11.5. The van der Waals surface area contributed by atoms with Crippen molar-refractivity contribution in [2.45, 2.75) is 18.8 Å². The van der Waals surface area contributed by atoms with E-state index in [1.54, 1.807) is 13.1 Å². The minimum absolute atomic E-state index is 0.175. The quantitative estimate of drug-likeness (QED) is 0.793. The van der Waals surface area contributed by atoms with E-state index in [4.69, 9.17) is 9.47 Å². The number of hydrogen-bond donors (Lipinski definition) is 2. The van der Waals surface area contributed by atoms with Gasteiger partial charge in [0.2, 0.25) is 0 Å². The molecular weight excluding hydrogens is 282 g/mol. The Morgan fingerprint density at radius 3 is 2.70 bits per heavy atom. The van der Waals surface area contributed by atoms with Crippen molar-refractivity contribution in [2.75, 3.05) is 25.7 Å². The molecule has 0 aliphatic carbocycles. The highest BCUT2D eigenvalue weighted by Gasteiger charge is 2.38. The molecule has 0 radical (unpaired) electrons.